The average Bonchev–Trinajstić information content (AvgIpc) is 2.77. The highest BCUT2D eigenvalue weighted by Crippen LogP contribution is 2.31. The number of nitrogens with zero attached hydrogens (tertiary/aromatic N) is 2. The van der Waals surface area contributed by atoms with Crippen molar-refractivity contribution in [2.45, 2.75) is 43.4 Å². The van der Waals surface area contributed by atoms with Crippen LogP contribution in [0.4, 0.5) is 0 Å². The zero-order chi connectivity index (χ0) is 13.2. The van der Waals surface area contributed by atoms with Gasteiger partial charge in [-0.15, -0.1) is 0 Å². The molecule has 1 saturated carbocycles. The Balaban J connectivity index is 2.08. The van der Waals surface area contributed by atoms with Crippen molar-refractivity contribution in [2.24, 2.45) is 5.73 Å². The van der Waals surface area contributed by atoms with E-state index in [2.05, 4.69) is 5.10 Å². The molecule has 1 aliphatic carbocycles. The van der Waals surface area contributed by atoms with E-state index in [9.17, 15) is 8.42 Å². The minimum atomic E-state index is -2.93. The van der Waals surface area contributed by atoms with Gasteiger partial charge in [0.2, 0.25) is 0 Å². The first-order chi connectivity index (χ1) is 8.50. The minimum Gasteiger partial charge on any atom is -0.330 e. The second-order valence-electron chi connectivity index (χ2n) is 5.14. The number of nitrogens with two attached hydrogens (primary N) is 1. The lowest BCUT2D eigenvalue weighted by atomic mass is 9.95. The van der Waals surface area contributed by atoms with Crippen molar-refractivity contribution in [3.05, 3.63) is 18.0 Å². The van der Waals surface area contributed by atoms with Crippen LogP contribution in [-0.2, 0) is 16.3 Å². The van der Waals surface area contributed by atoms with Gasteiger partial charge < -0.3 is 5.73 Å². The topological polar surface area (TPSA) is 78.0 Å². The van der Waals surface area contributed by atoms with Crippen LogP contribution in [0.2, 0.25) is 0 Å². The van der Waals surface area contributed by atoms with Crippen LogP contribution in [-0.4, -0.2) is 36.2 Å². The molecule has 6 heteroatoms. The smallest absolute Gasteiger partial charge is 0.150 e. The van der Waals surface area contributed by atoms with Crippen molar-refractivity contribution in [3.63, 3.8) is 0 Å². The molecule has 1 aromatic heterocycles. The van der Waals surface area contributed by atoms with E-state index in [1.54, 1.807) is 0 Å². The fraction of sp³-hybridized carbons (Fsp3) is 0.750. The Bertz CT molecular complexity index is 495. The molecule has 0 saturated heterocycles. The molecule has 0 spiro atoms. The number of hydrogen-bond donors (Lipinski definition) is 1. The molecule has 1 fully saturated rings. The molecule has 2 atom stereocenters. The third-order valence-electron chi connectivity index (χ3n) is 3.67. The van der Waals surface area contributed by atoms with Crippen molar-refractivity contribution in [2.75, 3.05) is 12.8 Å². The van der Waals surface area contributed by atoms with Gasteiger partial charge in [-0.1, -0.05) is 6.42 Å². The second-order valence-corrected chi connectivity index (χ2v) is 7.46. The molecule has 2 unspecified atom stereocenters. The molecule has 0 radical (unpaired) electrons. The molecule has 1 aromatic rings. The molecule has 0 aliphatic heterocycles. The highest BCUT2D eigenvalue weighted by molar-refractivity contribution is 7.91. The van der Waals surface area contributed by atoms with Crippen molar-refractivity contribution in [1.29, 1.82) is 0 Å². The zero-order valence-electron chi connectivity index (χ0n) is 10.7. The van der Waals surface area contributed by atoms with E-state index in [0.717, 1.165) is 31.2 Å². The summed E-state index contributed by atoms with van der Waals surface area (Å²) in [6, 6.07) is 0.213. The Morgan fingerprint density at radius 2 is 2.28 bits per heavy atom. The molecular weight excluding hydrogens is 250 g/mol. The van der Waals surface area contributed by atoms with Crippen LogP contribution < -0.4 is 5.73 Å². The van der Waals surface area contributed by atoms with Crippen LogP contribution in [0.15, 0.2) is 12.4 Å². The standard InChI is InChI=1S/C12H21N3O2S/c1-18(16,17)12-4-2-3-11(7-12)15-9-10(5-6-13)8-14-15/h8-9,11-12H,2-7,13H2,1H3. The van der Waals surface area contributed by atoms with Gasteiger partial charge in [-0.3, -0.25) is 4.68 Å². The van der Waals surface area contributed by atoms with E-state index >= 15 is 0 Å². The Morgan fingerprint density at radius 3 is 2.94 bits per heavy atom. The van der Waals surface area contributed by atoms with Gasteiger partial charge in [-0.25, -0.2) is 8.42 Å². The molecule has 102 valence electrons. The predicted octanol–water partition coefficient (Wildman–Crippen LogP) is 0.913. The lowest BCUT2D eigenvalue weighted by molar-refractivity contribution is 0.329. The zero-order valence-corrected chi connectivity index (χ0v) is 11.6. The summed E-state index contributed by atoms with van der Waals surface area (Å²) < 4.78 is 25.2. The maximum absolute atomic E-state index is 11.6. The Kier molecular flexibility index (Phi) is 4.07. The molecule has 2 N–H and O–H groups in total. The van der Waals surface area contributed by atoms with E-state index < -0.39 is 9.84 Å². The summed E-state index contributed by atoms with van der Waals surface area (Å²) in [7, 11) is -2.93. The normalized spacial score (nSPS) is 25.2. The maximum Gasteiger partial charge on any atom is 0.150 e. The average molecular weight is 271 g/mol. The summed E-state index contributed by atoms with van der Waals surface area (Å²) in [5.74, 6) is 0. The van der Waals surface area contributed by atoms with Gasteiger partial charge in [0.15, 0.2) is 0 Å². The first-order valence-corrected chi connectivity index (χ1v) is 8.38. The highest BCUT2D eigenvalue weighted by atomic mass is 32.2. The third kappa shape index (κ3) is 3.11. The monoisotopic (exact) mass is 271 g/mol. The maximum atomic E-state index is 11.6. The van der Waals surface area contributed by atoms with E-state index in [-0.39, 0.29) is 11.3 Å². The largest absolute Gasteiger partial charge is 0.330 e. The van der Waals surface area contributed by atoms with Gasteiger partial charge in [0.05, 0.1) is 17.5 Å². The van der Waals surface area contributed by atoms with Crippen molar-refractivity contribution in [3.8, 4) is 0 Å². The van der Waals surface area contributed by atoms with Crippen LogP contribution in [0.1, 0.15) is 37.3 Å². The van der Waals surface area contributed by atoms with Gasteiger partial charge in [-0.2, -0.15) is 5.10 Å². The summed E-state index contributed by atoms with van der Waals surface area (Å²) in [5, 5.41) is 4.13. The van der Waals surface area contributed by atoms with Crippen LogP contribution >= 0.6 is 0 Å². The SMILES string of the molecule is CS(=O)(=O)C1CCCC(n2cc(CCN)cn2)C1. The van der Waals surface area contributed by atoms with Gasteiger partial charge in [-0.05, 0) is 37.8 Å². The van der Waals surface area contributed by atoms with Crippen molar-refractivity contribution < 1.29 is 8.42 Å². The quantitative estimate of drug-likeness (QED) is 0.883. The van der Waals surface area contributed by atoms with Crippen molar-refractivity contribution >= 4 is 9.84 Å². The summed E-state index contributed by atoms with van der Waals surface area (Å²) >= 11 is 0. The summed E-state index contributed by atoms with van der Waals surface area (Å²) in [5.41, 5.74) is 6.64. The Hall–Kier alpha value is -0.880. The molecule has 5 nitrogen and oxygen atoms in total. The van der Waals surface area contributed by atoms with E-state index in [4.69, 9.17) is 5.73 Å². The first kappa shape index (κ1) is 13.5. The molecule has 0 bridgehead atoms. The number of rotatable bonds is 4. The summed E-state index contributed by atoms with van der Waals surface area (Å²) in [6.07, 6.45) is 9.42. The van der Waals surface area contributed by atoms with E-state index in [1.807, 2.05) is 17.1 Å². The van der Waals surface area contributed by atoms with Crippen LogP contribution in [0.3, 0.4) is 0 Å². The summed E-state index contributed by atoms with van der Waals surface area (Å²) in [4.78, 5) is 0. The Morgan fingerprint density at radius 1 is 1.50 bits per heavy atom. The van der Waals surface area contributed by atoms with Crippen LogP contribution in [0.5, 0.6) is 0 Å². The van der Waals surface area contributed by atoms with E-state index in [0.29, 0.717) is 13.0 Å². The summed E-state index contributed by atoms with van der Waals surface area (Å²) in [6.45, 7) is 0.613. The molecular formula is C12H21N3O2S. The predicted molar refractivity (Wildman–Crippen MR) is 71.1 cm³/mol. The minimum absolute atomic E-state index is 0.210. The lowest BCUT2D eigenvalue weighted by Crippen LogP contribution is -2.29. The van der Waals surface area contributed by atoms with Crippen LogP contribution in [0, 0.1) is 0 Å². The fourth-order valence-electron chi connectivity index (χ4n) is 2.62. The van der Waals surface area contributed by atoms with Crippen LogP contribution in [0.25, 0.3) is 0 Å². The number of hydrogen-bond acceptors (Lipinski definition) is 4. The van der Waals surface area contributed by atoms with Crippen molar-refractivity contribution in [1.82, 2.24) is 9.78 Å². The second kappa shape index (κ2) is 5.40. The molecule has 0 amide bonds. The third-order valence-corrected chi connectivity index (χ3v) is 5.31. The van der Waals surface area contributed by atoms with Gasteiger partial charge >= 0.3 is 0 Å². The Labute approximate surface area is 108 Å². The van der Waals surface area contributed by atoms with E-state index in [1.165, 1.54) is 6.26 Å². The number of aromatic nitrogens is 2. The van der Waals surface area contributed by atoms with Gasteiger partial charge in [0.25, 0.3) is 0 Å². The lowest BCUT2D eigenvalue weighted by Gasteiger charge is -2.28. The first-order valence-electron chi connectivity index (χ1n) is 6.42. The molecule has 2 rings (SSSR count). The van der Waals surface area contributed by atoms with Gasteiger partial charge in [0, 0.05) is 12.5 Å². The van der Waals surface area contributed by atoms with Gasteiger partial charge in [0.1, 0.15) is 9.84 Å². The molecule has 1 heterocycles. The molecule has 18 heavy (non-hydrogen) atoms. The fourth-order valence-corrected chi connectivity index (χ4v) is 3.79. The molecule has 0 aromatic carbocycles. The highest BCUT2D eigenvalue weighted by Gasteiger charge is 2.29. The number of sulfone groups is 1. The molecule has 1 aliphatic rings.